The van der Waals surface area contributed by atoms with Crippen molar-refractivity contribution in [3.8, 4) is 0 Å². The number of rotatable bonds is 3. The molecule has 1 aromatic rings. The Kier molecular flexibility index (Phi) is 3.70. The van der Waals surface area contributed by atoms with Crippen molar-refractivity contribution in [3.63, 3.8) is 0 Å². The quantitative estimate of drug-likeness (QED) is 0.626. The molecule has 1 fully saturated rings. The Bertz CT molecular complexity index is 352. The maximum absolute atomic E-state index is 13.3. The van der Waals surface area contributed by atoms with Crippen LogP contribution < -0.4 is 0 Å². The molecule has 0 unspecified atom stereocenters. The van der Waals surface area contributed by atoms with Gasteiger partial charge in [-0.05, 0) is 6.07 Å². The van der Waals surface area contributed by atoms with Gasteiger partial charge in [-0.3, -0.25) is 4.98 Å². The number of pyridine rings is 1. The monoisotopic (exact) mass is 341 g/mol. The average Bonchev–Trinajstić information content (AvgIpc) is 2.83. The number of nitrogens with zero attached hydrogens (tertiary/aromatic N) is 1. The first-order valence-corrected chi connectivity index (χ1v) is 6.29. The number of aromatic nitrogens is 1. The molecule has 0 aromatic carbocycles. The van der Waals surface area contributed by atoms with E-state index in [-0.39, 0.29) is 10.1 Å². The molecule has 0 bridgehead atoms. The van der Waals surface area contributed by atoms with Crippen molar-refractivity contribution in [1.82, 2.24) is 4.98 Å². The van der Waals surface area contributed by atoms with Crippen LogP contribution in [0.25, 0.3) is 0 Å². The molecule has 0 atom stereocenters. The van der Waals surface area contributed by atoms with Crippen LogP contribution in [0.3, 0.4) is 0 Å². The summed E-state index contributed by atoms with van der Waals surface area (Å²) in [7, 11) is 0. The highest BCUT2D eigenvalue weighted by Crippen LogP contribution is 2.30. The second-order valence-electron chi connectivity index (χ2n) is 3.39. The predicted molar refractivity (Wildman–Crippen MR) is 61.7 cm³/mol. The topological polar surface area (TPSA) is 31.4 Å². The van der Waals surface area contributed by atoms with Gasteiger partial charge in [-0.25, -0.2) is 0 Å². The lowest BCUT2D eigenvalue weighted by molar-refractivity contribution is -0.0446. The summed E-state index contributed by atoms with van der Waals surface area (Å²) in [6.45, 7) is 1.05. The third-order valence-electron chi connectivity index (χ3n) is 2.22. The Balaban J connectivity index is 2.15. The zero-order valence-corrected chi connectivity index (χ0v) is 10.5. The Hall–Kier alpha value is -0.340. The lowest BCUT2D eigenvalue weighted by Crippen LogP contribution is -2.17. The lowest BCUT2D eigenvalue weighted by atomic mass is 10.2. The third kappa shape index (κ3) is 2.49. The van der Waals surface area contributed by atoms with E-state index in [0.717, 1.165) is 0 Å². The molecule has 3 nitrogen and oxygen atoms in total. The first-order chi connectivity index (χ1) is 7.63. The van der Waals surface area contributed by atoms with Crippen LogP contribution in [0.15, 0.2) is 18.3 Å². The van der Waals surface area contributed by atoms with E-state index < -0.39 is 12.2 Å². The third-order valence-corrected chi connectivity index (χ3v) is 3.18. The van der Waals surface area contributed by atoms with Gasteiger partial charge in [-0.2, -0.15) is 8.78 Å². The molecule has 0 aliphatic carbocycles. The molecule has 88 valence electrons. The van der Waals surface area contributed by atoms with E-state index in [1.54, 1.807) is 28.7 Å². The fraction of sp³-hybridized carbons (Fsp3) is 0.500. The minimum absolute atomic E-state index is 0.219. The van der Waals surface area contributed by atoms with E-state index in [1.165, 1.54) is 12.3 Å². The predicted octanol–water partition coefficient (Wildman–Crippen LogP) is 2.65. The normalized spacial score (nSPS) is 17.9. The molecule has 16 heavy (non-hydrogen) atoms. The van der Waals surface area contributed by atoms with Gasteiger partial charge in [0, 0.05) is 11.8 Å². The molecule has 0 spiro atoms. The summed E-state index contributed by atoms with van der Waals surface area (Å²) in [4.78, 5) is 3.75. The smallest absolute Gasteiger partial charge is 0.298 e. The van der Waals surface area contributed by atoms with Gasteiger partial charge in [0.15, 0.2) is 6.29 Å². The highest BCUT2D eigenvalue weighted by molar-refractivity contribution is 14.1. The molecule has 1 saturated heterocycles. The van der Waals surface area contributed by atoms with E-state index in [0.29, 0.717) is 18.8 Å². The first-order valence-electron chi connectivity index (χ1n) is 4.77. The van der Waals surface area contributed by atoms with Gasteiger partial charge in [0.05, 0.1) is 17.6 Å². The van der Waals surface area contributed by atoms with E-state index in [9.17, 15) is 8.78 Å². The average molecular weight is 341 g/mol. The van der Waals surface area contributed by atoms with Gasteiger partial charge in [0.2, 0.25) is 0 Å². The summed E-state index contributed by atoms with van der Waals surface area (Å²) < 4.78 is 36.7. The van der Waals surface area contributed by atoms with E-state index >= 15 is 0 Å². The number of hydrogen-bond acceptors (Lipinski definition) is 3. The molecule has 6 heteroatoms. The number of alkyl halides is 3. The zero-order chi connectivity index (χ0) is 11.6. The molecule has 0 saturated carbocycles. The van der Waals surface area contributed by atoms with E-state index in [2.05, 4.69) is 4.98 Å². The van der Waals surface area contributed by atoms with Crippen molar-refractivity contribution < 1.29 is 18.3 Å². The van der Waals surface area contributed by atoms with Crippen molar-refractivity contribution in [2.45, 2.75) is 12.2 Å². The van der Waals surface area contributed by atoms with Crippen molar-refractivity contribution >= 4 is 22.6 Å². The standard InChI is InChI=1S/C10H10F2INO2/c11-10(12,6-13)8-2-1-7(5-14-8)9-15-3-4-16-9/h1-2,5,9H,3-4,6H2. The van der Waals surface area contributed by atoms with Crippen LogP contribution in [0.4, 0.5) is 8.78 Å². The van der Waals surface area contributed by atoms with E-state index in [4.69, 9.17) is 9.47 Å². The molecular formula is C10H10F2INO2. The van der Waals surface area contributed by atoms with Crippen LogP contribution in [0.5, 0.6) is 0 Å². The van der Waals surface area contributed by atoms with Crippen LogP contribution in [0.1, 0.15) is 17.5 Å². The Labute approximate surface area is 105 Å². The number of hydrogen-bond donors (Lipinski definition) is 0. The number of ether oxygens (including phenoxy) is 2. The fourth-order valence-corrected chi connectivity index (χ4v) is 1.77. The van der Waals surface area contributed by atoms with Crippen LogP contribution in [0.2, 0.25) is 0 Å². The molecule has 0 N–H and O–H groups in total. The van der Waals surface area contributed by atoms with E-state index in [1.807, 2.05) is 0 Å². The molecule has 0 radical (unpaired) electrons. The summed E-state index contributed by atoms with van der Waals surface area (Å²) in [5.74, 6) is -2.88. The summed E-state index contributed by atoms with van der Waals surface area (Å²) in [6, 6.07) is 2.89. The van der Waals surface area contributed by atoms with Crippen molar-refractivity contribution in [3.05, 3.63) is 29.6 Å². The highest BCUT2D eigenvalue weighted by atomic mass is 127. The van der Waals surface area contributed by atoms with Crippen LogP contribution in [-0.4, -0.2) is 22.6 Å². The maximum atomic E-state index is 13.3. The van der Waals surface area contributed by atoms with Crippen molar-refractivity contribution in [2.24, 2.45) is 0 Å². The van der Waals surface area contributed by atoms with Gasteiger partial charge in [0.25, 0.3) is 5.92 Å². The van der Waals surface area contributed by atoms with Gasteiger partial charge in [-0.15, -0.1) is 0 Å². The maximum Gasteiger partial charge on any atom is 0.298 e. The summed E-state index contributed by atoms with van der Waals surface area (Å²) in [6.07, 6.45) is 0.917. The van der Waals surface area contributed by atoms with Crippen LogP contribution >= 0.6 is 22.6 Å². The molecule has 0 amide bonds. The zero-order valence-electron chi connectivity index (χ0n) is 8.33. The second kappa shape index (κ2) is 4.89. The minimum atomic E-state index is -2.88. The number of halogens is 3. The largest absolute Gasteiger partial charge is 0.346 e. The first kappa shape index (κ1) is 12.1. The Morgan fingerprint density at radius 3 is 2.56 bits per heavy atom. The van der Waals surface area contributed by atoms with Gasteiger partial charge >= 0.3 is 0 Å². The minimum Gasteiger partial charge on any atom is -0.346 e. The van der Waals surface area contributed by atoms with Crippen LogP contribution in [0, 0.1) is 0 Å². The molecule has 2 heterocycles. The van der Waals surface area contributed by atoms with Crippen molar-refractivity contribution in [1.29, 1.82) is 0 Å². The summed E-state index contributed by atoms with van der Waals surface area (Å²) >= 11 is 1.64. The lowest BCUT2D eigenvalue weighted by Gasteiger charge is -2.14. The Morgan fingerprint density at radius 1 is 1.38 bits per heavy atom. The summed E-state index contributed by atoms with van der Waals surface area (Å²) in [5, 5.41) is 0. The van der Waals surface area contributed by atoms with Gasteiger partial charge in [-0.1, -0.05) is 28.7 Å². The summed E-state index contributed by atoms with van der Waals surface area (Å²) in [5.41, 5.74) is 0.453. The fourth-order valence-electron chi connectivity index (χ4n) is 1.38. The molecular weight excluding hydrogens is 331 g/mol. The molecule has 2 rings (SSSR count). The second-order valence-corrected chi connectivity index (χ2v) is 4.15. The van der Waals surface area contributed by atoms with Gasteiger partial charge in [0.1, 0.15) is 5.69 Å². The molecule has 1 aliphatic heterocycles. The Morgan fingerprint density at radius 2 is 2.06 bits per heavy atom. The SMILES string of the molecule is FC(F)(CI)c1ccc(C2OCCO2)cn1. The van der Waals surface area contributed by atoms with Crippen molar-refractivity contribution in [2.75, 3.05) is 17.6 Å². The van der Waals surface area contributed by atoms with Gasteiger partial charge < -0.3 is 9.47 Å². The molecule has 1 aromatic heterocycles. The molecule has 1 aliphatic rings. The highest BCUT2D eigenvalue weighted by Gasteiger charge is 2.32. The van der Waals surface area contributed by atoms with Crippen LogP contribution in [-0.2, 0) is 15.4 Å².